The Morgan fingerprint density at radius 3 is 2.61 bits per heavy atom. The number of likely N-dealkylation sites (tertiary alicyclic amines) is 1. The summed E-state index contributed by atoms with van der Waals surface area (Å²) in [5.74, 6) is 0.329. The van der Waals surface area contributed by atoms with Crippen molar-refractivity contribution in [1.82, 2.24) is 9.88 Å². The third-order valence-corrected chi connectivity index (χ3v) is 6.30. The molecule has 1 saturated heterocycles. The summed E-state index contributed by atoms with van der Waals surface area (Å²) in [7, 11) is 1.63. The Morgan fingerprint density at radius 2 is 1.90 bits per heavy atom. The molecule has 8 heteroatoms. The van der Waals surface area contributed by atoms with Crippen LogP contribution in [-0.4, -0.2) is 41.9 Å². The lowest BCUT2D eigenvalue weighted by molar-refractivity contribution is -0.121. The van der Waals surface area contributed by atoms with E-state index < -0.39 is 0 Å². The van der Waals surface area contributed by atoms with Crippen LogP contribution in [0.25, 0.3) is 11.3 Å². The number of hydrogen-bond donors (Lipinski definition) is 1. The standard InChI is InChI=1S/C23H22ClN3O3S/c1-30-19-10-6-15(7-11-19)20-14-31-23(25-20)26-21(28)17-3-2-12-27(13-17)22(29)16-4-8-18(24)9-5-16/h4-11,14,17H,2-3,12-13H2,1H3,(H,25,26,28)/t17-/m0/s1. The number of hydrogen-bond acceptors (Lipinski definition) is 5. The first-order valence-corrected chi connectivity index (χ1v) is 11.2. The third kappa shape index (κ3) is 5.06. The number of nitrogens with one attached hydrogen (secondary N) is 1. The maximum Gasteiger partial charge on any atom is 0.253 e. The van der Waals surface area contributed by atoms with Crippen LogP contribution in [0.5, 0.6) is 5.75 Å². The Labute approximate surface area is 189 Å². The Morgan fingerprint density at radius 1 is 1.16 bits per heavy atom. The summed E-state index contributed by atoms with van der Waals surface area (Å²) in [6, 6.07) is 14.4. The highest BCUT2D eigenvalue weighted by Crippen LogP contribution is 2.28. The molecule has 2 aromatic carbocycles. The normalized spacial score (nSPS) is 16.1. The van der Waals surface area contributed by atoms with E-state index in [1.54, 1.807) is 36.3 Å². The van der Waals surface area contributed by atoms with Gasteiger partial charge < -0.3 is 15.0 Å². The summed E-state index contributed by atoms with van der Waals surface area (Å²) in [4.78, 5) is 31.9. The second-order valence-electron chi connectivity index (χ2n) is 7.35. The molecule has 1 aliphatic heterocycles. The number of methoxy groups -OCH3 is 1. The van der Waals surface area contributed by atoms with Gasteiger partial charge in [-0.3, -0.25) is 9.59 Å². The van der Waals surface area contributed by atoms with Crippen LogP contribution in [0.15, 0.2) is 53.9 Å². The molecule has 0 unspecified atom stereocenters. The van der Waals surface area contributed by atoms with Crippen molar-refractivity contribution in [2.45, 2.75) is 12.8 Å². The molecule has 0 aliphatic carbocycles. The van der Waals surface area contributed by atoms with Crippen LogP contribution in [0.3, 0.4) is 0 Å². The van der Waals surface area contributed by atoms with Gasteiger partial charge >= 0.3 is 0 Å². The summed E-state index contributed by atoms with van der Waals surface area (Å²) in [5, 5.41) is 5.97. The van der Waals surface area contributed by atoms with Crippen LogP contribution in [-0.2, 0) is 4.79 Å². The number of thiazole rings is 1. The maximum absolute atomic E-state index is 12.8. The number of aromatic nitrogens is 1. The third-order valence-electron chi connectivity index (χ3n) is 5.29. The molecule has 2 heterocycles. The van der Waals surface area contributed by atoms with E-state index in [1.807, 2.05) is 29.6 Å². The van der Waals surface area contributed by atoms with Crippen LogP contribution in [0.1, 0.15) is 23.2 Å². The fourth-order valence-corrected chi connectivity index (χ4v) is 4.43. The number of rotatable bonds is 5. The highest BCUT2D eigenvalue weighted by atomic mass is 35.5. The molecular formula is C23H22ClN3O3S. The number of carbonyl (C=O) groups excluding carboxylic acids is 2. The Hall–Kier alpha value is -2.90. The zero-order valence-electron chi connectivity index (χ0n) is 17.0. The highest BCUT2D eigenvalue weighted by molar-refractivity contribution is 7.14. The van der Waals surface area contributed by atoms with Gasteiger partial charge in [0.2, 0.25) is 5.91 Å². The lowest BCUT2D eigenvalue weighted by Gasteiger charge is -2.32. The second-order valence-corrected chi connectivity index (χ2v) is 8.65. The van der Waals surface area contributed by atoms with Crippen LogP contribution >= 0.6 is 22.9 Å². The Balaban J connectivity index is 1.38. The summed E-state index contributed by atoms with van der Waals surface area (Å²) < 4.78 is 5.18. The summed E-state index contributed by atoms with van der Waals surface area (Å²) in [6.45, 7) is 1.04. The van der Waals surface area contributed by atoms with Crippen molar-refractivity contribution in [3.63, 3.8) is 0 Å². The number of benzene rings is 2. The van der Waals surface area contributed by atoms with Gasteiger partial charge in [-0.05, 0) is 61.4 Å². The molecule has 1 aromatic heterocycles. The maximum atomic E-state index is 12.8. The van der Waals surface area contributed by atoms with Gasteiger partial charge in [-0.15, -0.1) is 11.3 Å². The fourth-order valence-electron chi connectivity index (χ4n) is 3.58. The Kier molecular flexibility index (Phi) is 6.53. The van der Waals surface area contributed by atoms with Gasteiger partial charge in [0.15, 0.2) is 5.13 Å². The lowest BCUT2D eigenvalue weighted by atomic mass is 9.96. The monoisotopic (exact) mass is 455 g/mol. The number of anilines is 1. The van der Waals surface area contributed by atoms with Crippen molar-refractivity contribution >= 4 is 39.9 Å². The number of carbonyl (C=O) groups is 2. The van der Waals surface area contributed by atoms with E-state index in [4.69, 9.17) is 16.3 Å². The van der Waals surface area contributed by atoms with Crippen LogP contribution in [0, 0.1) is 5.92 Å². The molecule has 0 spiro atoms. The first-order chi connectivity index (χ1) is 15.0. The molecule has 31 heavy (non-hydrogen) atoms. The Bertz CT molecular complexity index is 1070. The first kappa shape index (κ1) is 21.3. The predicted molar refractivity (Wildman–Crippen MR) is 123 cm³/mol. The van der Waals surface area contributed by atoms with Crippen LogP contribution < -0.4 is 10.1 Å². The topological polar surface area (TPSA) is 71.5 Å². The van der Waals surface area contributed by atoms with E-state index >= 15 is 0 Å². The van der Waals surface area contributed by atoms with E-state index in [0.29, 0.717) is 28.8 Å². The lowest BCUT2D eigenvalue weighted by Crippen LogP contribution is -2.43. The molecule has 6 nitrogen and oxygen atoms in total. The number of ether oxygens (including phenoxy) is 1. The smallest absolute Gasteiger partial charge is 0.253 e. The van der Waals surface area contributed by atoms with Crippen LogP contribution in [0.4, 0.5) is 5.13 Å². The molecule has 1 aliphatic rings. The van der Waals surface area contributed by atoms with E-state index in [1.165, 1.54) is 11.3 Å². The largest absolute Gasteiger partial charge is 0.497 e. The minimum absolute atomic E-state index is 0.0785. The van der Waals surface area contributed by atoms with E-state index in [9.17, 15) is 9.59 Å². The van der Waals surface area contributed by atoms with Gasteiger partial charge in [-0.2, -0.15) is 0 Å². The van der Waals surface area contributed by atoms with E-state index in [0.717, 1.165) is 29.8 Å². The van der Waals surface area contributed by atoms with Crippen LogP contribution in [0.2, 0.25) is 5.02 Å². The highest BCUT2D eigenvalue weighted by Gasteiger charge is 2.29. The number of piperidine rings is 1. The van der Waals surface area contributed by atoms with Crippen molar-refractivity contribution in [3.05, 3.63) is 64.5 Å². The van der Waals surface area contributed by atoms with Gasteiger partial charge in [0.05, 0.1) is 18.7 Å². The van der Waals surface area contributed by atoms with Crippen molar-refractivity contribution in [2.75, 3.05) is 25.5 Å². The average Bonchev–Trinajstić information content (AvgIpc) is 3.27. The molecule has 160 valence electrons. The number of amides is 2. The van der Waals surface area contributed by atoms with Gasteiger partial charge in [-0.1, -0.05) is 11.6 Å². The summed E-state index contributed by atoms with van der Waals surface area (Å²) >= 11 is 7.29. The van der Waals surface area contributed by atoms with Crippen molar-refractivity contribution < 1.29 is 14.3 Å². The molecule has 1 fully saturated rings. The molecule has 2 amide bonds. The molecule has 1 N–H and O–H groups in total. The van der Waals surface area contributed by atoms with E-state index in [-0.39, 0.29) is 17.7 Å². The van der Waals surface area contributed by atoms with Crippen molar-refractivity contribution in [2.24, 2.45) is 5.92 Å². The molecule has 0 saturated carbocycles. The van der Waals surface area contributed by atoms with Gasteiger partial charge in [0.1, 0.15) is 5.75 Å². The number of halogens is 1. The van der Waals surface area contributed by atoms with Gasteiger partial charge in [-0.25, -0.2) is 4.98 Å². The quantitative estimate of drug-likeness (QED) is 0.590. The van der Waals surface area contributed by atoms with Crippen molar-refractivity contribution in [1.29, 1.82) is 0 Å². The molecule has 0 bridgehead atoms. The average molecular weight is 456 g/mol. The molecular weight excluding hydrogens is 434 g/mol. The zero-order valence-corrected chi connectivity index (χ0v) is 18.6. The molecule has 1 atom stereocenters. The zero-order chi connectivity index (χ0) is 21.8. The molecule has 0 radical (unpaired) electrons. The summed E-state index contributed by atoms with van der Waals surface area (Å²) in [6.07, 6.45) is 1.53. The van der Waals surface area contributed by atoms with Gasteiger partial charge in [0.25, 0.3) is 5.91 Å². The number of nitrogens with zero attached hydrogens (tertiary/aromatic N) is 2. The SMILES string of the molecule is COc1ccc(-c2csc(NC(=O)[C@H]3CCCN(C(=O)c4ccc(Cl)cc4)C3)n2)cc1. The first-order valence-electron chi connectivity index (χ1n) is 9.99. The molecule has 3 aromatic rings. The summed E-state index contributed by atoms with van der Waals surface area (Å²) in [5.41, 5.74) is 2.33. The van der Waals surface area contributed by atoms with E-state index in [2.05, 4.69) is 10.3 Å². The van der Waals surface area contributed by atoms with Crippen molar-refractivity contribution in [3.8, 4) is 17.0 Å². The van der Waals surface area contributed by atoms with Gasteiger partial charge in [0, 0.05) is 34.6 Å². The predicted octanol–water partition coefficient (Wildman–Crippen LogP) is 4.96. The second kappa shape index (κ2) is 9.49. The molecule has 4 rings (SSSR count). The minimum Gasteiger partial charge on any atom is -0.497 e. The minimum atomic E-state index is -0.265. The fraction of sp³-hybridized carbons (Fsp3) is 0.261.